The van der Waals surface area contributed by atoms with Gasteiger partial charge in [-0.05, 0) is 60.5 Å². The van der Waals surface area contributed by atoms with Gasteiger partial charge in [0.25, 0.3) is 5.91 Å². The fourth-order valence-corrected chi connectivity index (χ4v) is 3.29. The highest BCUT2D eigenvalue weighted by Gasteiger charge is 2.23. The van der Waals surface area contributed by atoms with E-state index >= 15 is 0 Å². The number of nitrogens with zero attached hydrogens (tertiary/aromatic N) is 1. The van der Waals surface area contributed by atoms with E-state index in [0.717, 1.165) is 18.5 Å². The first-order chi connectivity index (χ1) is 12.9. The van der Waals surface area contributed by atoms with Gasteiger partial charge in [0, 0.05) is 31.3 Å². The van der Waals surface area contributed by atoms with Crippen LogP contribution in [0, 0.1) is 0 Å². The molecule has 27 heavy (non-hydrogen) atoms. The van der Waals surface area contributed by atoms with Gasteiger partial charge in [-0.25, -0.2) is 5.43 Å². The van der Waals surface area contributed by atoms with Gasteiger partial charge in [-0.3, -0.25) is 19.9 Å². The standard InChI is InChI=1S/C20H22N4O2S/c1-13(25)24(2)23-18-10-15-8-9-17(11-16(15)12-18)21-20(27)22-19(26)14-6-4-3-5-7-14/h3-9,11,18,23H,10,12H2,1-2H3,(H2,21,22,26,27). The van der Waals surface area contributed by atoms with Crippen LogP contribution in [0.2, 0.25) is 0 Å². The van der Waals surface area contributed by atoms with Crippen molar-refractivity contribution in [3.63, 3.8) is 0 Å². The average Bonchev–Trinajstić information content (AvgIpc) is 3.03. The molecule has 0 radical (unpaired) electrons. The third-order valence-corrected chi connectivity index (χ3v) is 4.71. The molecule has 3 rings (SSSR count). The van der Waals surface area contributed by atoms with Crippen LogP contribution in [0.1, 0.15) is 28.4 Å². The van der Waals surface area contributed by atoms with Crippen LogP contribution in [-0.2, 0) is 17.6 Å². The molecule has 0 bridgehead atoms. The molecule has 2 aromatic rings. The first-order valence-electron chi connectivity index (χ1n) is 8.72. The number of rotatable bonds is 4. The van der Waals surface area contributed by atoms with Crippen LogP contribution in [0.4, 0.5) is 5.69 Å². The lowest BCUT2D eigenvalue weighted by molar-refractivity contribution is -0.131. The van der Waals surface area contributed by atoms with Gasteiger partial charge in [0.1, 0.15) is 0 Å². The number of amides is 2. The summed E-state index contributed by atoms with van der Waals surface area (Å²) in [6, 6.07) is 15.1. The summed E-state index contributed by atoms with van der Waals surface area (Å²) in [5, 5.41) is 7.52. The summed E-state index contributed by atoms with van der Waals surface area (Å²) in [5.41, 5.74) is 7.04. The molecule has 0 saturated heterocycles. The van der Waals surface area contributed by atoms with Gasteiger partial charge < -0.3 is 5.32 Å². The number of hydrogen-bond acceptors (Lipinski definition) is 4. The van der Waals surface area contributed by atoms with E-state index in [2.05, 4.69) is 22.1 Å². The molecule has 6 nitrogen and oxygen atoms in total. The summed E-state index contributed by atoms with van der Waals surface area (Å²) in [5.74, 6) is -0.265. The SMILES string of the molecule is CC(=O)N(C)NC1Cc2ccc(NC(=S)NC(=O)c3ccccc3)cc2C1. The molecule has 0 heterocycles. The maximum atomic E-state index is 12.2. The zero-order valence-electron chi connectivity index (χ0n) is 15.3. The Morgan fingerprint density at radius 3 is 2.48 bits per heavy atom. The fraction of sp³-hybridized carbons (Fsp3) is 0.250. The summed E-state index contributed by atoms with van der Waals surface area (Å²) in [7, 11) is 1.73. The summed E-state index contributed by atoms with van der Waals surface area (Å²) in [6.07, 6.45) is 1.69. The maximum Gasteiger partial charge on any atom is 0.257 e. The maximum absolute atomic E-state index is 12.2. The molecule has 0 saturated carbocycles. The number of benzene rings is 2. The lowest BCUT2D eigenvalue weighted by Gasteiger charge is -2.21. The molecule has 1 unspecified atom stereocenters. The lowest BCUT2D eigenvalue weighted by atomic mass is 10.1. The third kappa shape index (κ3) is 4.90. The molecule has 1 aliphatic rings. The zero-order valence-corrected chi connectivity index (χ0v) is 16.1. The van der Waals surface area contributed by atoms with Gasteiger partial charge >= 0.3 is 0 Å². The van der Waals surface area contributed by atoms with E-state index in [1.165, 1.54) is 23.1 Å². The Morgan fingerprint density at radius 1 is 1.07 bits per heavy atom. The topological polar surface area (TPSA) is 73.5 Å². The number of hydrogen-bond donors (Lipinski definition) is 3. The molecule has 0 spiro atoms. The van der Waals surface area contributed by atoms with Gasteiger partial charge in [0.05, 0.1) is 0 Å². The Hall–Kier alpha value is -2.77. The number of carbonyl (C=O) groups is 2. The van der Waals surface area contributed by atoms with E-state index in [-0.39, 0.29) is 23.0 Å². The summed E-state index contributed by atoms with van der Waals surface area (Å²) < 4.78 is 0. The smallest absolute Gasteiger partial charge is 0.257 e. The van der Waals surface area contributed by atoms with Crippen LogP contribution in [-0.4, -0.2) is 35.0 Å². The van der Waals surface area contributed by atoms with Crippen molar-refractivity contribution >= 4 is 34.8 Å². The highest BCUT2D eigenvalue weighted by atomic mass is 32.1. The molecule has 140 valence electrons. The minimum atomic E-state index is -0.245. The second-order valence-electron chi connectivity index (χ2n) is 6.57. The van der Waals surface area contributed by atoms with Crippen LogP contribution >= 0.6 is 12.2 Å². The van der Waals surface area contributed by atoms with E-state index in [1.807, 2.05) is 18.2 Å². The molecule has 1 atom stereocenters. The van der Waals surface area contributed by atoms with Crippen molar-refractivity contribution < 1.29 is 9.59 Å². The van der Waals surface area contributed by atoms with Crippen molar-refractivity contribution in [3.8, 4) is 0 Å². The van der Waals surface area contributed by atoms with Crippen LogP contribution < -0.4 is 16.1 Å². The van der Waals surface area contributed by atoms with Crippen molar-refractivity contribution in [1.82, 2.24) is 15.8 Å². The van der Waals surface area contributed by atoms with Gasteiger partial charge in [-0.15, -0.1) is 0 Å². The normalized spacial score (nSPS) is 15.0. The van der Waals surface area contributed by atoms with Crippen LogP contribution in [0.3, 0.4) is 0 Å². The number of nitrogens with one attached hydrogen (secondary N) is 3. The van der Waals surface area contributed by atoms with E-state index < -0.39 is 0 Å². The van der Waals surface area contributed by atoms with Gasteiger partial charge in [-0.2, -0.15) is 0 Å². The molecule has 3 N–H and O–H groups in total. The minimum Gasteiger partial charge on any atom is -0.332 e. The number of hydrazine groups is 1. The molecule has 2 amide bonds. The number of carbonyl (C=O) groups excluding carboxylic acids is 2. The van der Waals surface area contributed by atoms with E-state index in [9.17, 15) is 9.59 Å². The van der Waals surface area contributed by atoms with Crippen LogP contribution in [0.15, 0.2) is 48.5 Å². The molecular weight excluding hydrogens is 360 g/mol. The summed E-state index contributed by atoms with van der Waals surface area (Å²) >= 11 is 5.25. The molecule has 7 heteroatoms. The average molecular weight is 382 g/mol. The molecular formula is C20H22N4O2S. The Balaban J connectivity index is 1.58. The Kier molecular flexibility index (Phi) is 5.83. The first-order valence-corrected chi connectivity index (χ1v) is 9.13. The van der Waals surface area contributed by atoms with Crippen molar-refractivity contribution in [2.75, 3.05) is 12.4 Å². The van der Waals surface area contributed by atoms with Crippen molar-refractivity contribution in [3.05, 3.63) is 65.2 Å². The molecule has 0 fully saturated rings. The quantitative estimate of drug-likeness (QED) is 0.559. The van der Waals surface area contributed by atoms with Gasteiger partial charge in [-0.1, -0.05) is 24.3 Å². The first kappa shape index (κ1) is 19.0. The summed E-state index contributed by atoms with van der Waals surface area (Å²) in [6.45, 7) is 1.53. The van der Waals surface area contributed by atoms with Crippen LogP contribution in [0.5, 0.6) is 0 Å². The fourth-order valence-electron chi connectivity index (χ4n) is 3.08. The van der Waals surface area contributed by atoms with Crippen molar-refractivity contribution in [2.45, 2.75) is 25.8 Å². The number of thiocarbonyl (C=S) groups is 1. The molecule has 0 aliphatic heterocycles. The Bertz CT molecular complexity index is 870. The van der Waals surface area contributed by atoms with E-state index in [1.54, 1.807) is 31.3 Å². The second-order valence-corrected chi connectivity index (χ2v) is 6.98. The Labute approximate surface area is 163 Å². The number of anilines is 1. The van der Waals surface area contributed by atoms with Crippen molar-refractivity contribution in [1.29, 1.82) is 0 Å². The Morgan fingerprint density at radius 2 is 1.78 bits per heavy atom. The minimum absolute atomic E-state index is 0.0205. The third-order valence-electron chi connectivity index (χ3n) is 4.51. The van der Waals surface area contributed by atoms with Gasteiger partial charge in [0.15, 0.2) is 5.11 Å². The zero-order chi connectivity index (χ0) is 19.4. The summed E-state index contributed by atoms with van der Waals surface area (Å²) in [4.78, 5) is 23.5. The highest BCUT2D eigenvalue weighted by molar-refractivity contribution is 7.80. The predicted molar refractivity (Wildman–Crippen MR) is 109 cm³/mol. The monoisotopic (exact) mass is 382 g/mol. The van der Waals surface area contributed by atoms with Gasteiger partial charge in [0.2, 0.25) is 5.91 Å². The largest absolute Gasteiger partial charge is 0.332 e. The lowest BCUT2D eigenvalue weighted by Crippen LogP contribution is -2.45. The number of fused-ring (bicyclic) bond motifs is 1. The molecule has 0 aromatic heterocycles. The van der Waals surface area contributed by atoms with Crippen molar-refractivity contribution in [2.24, 2.45) is 0 Å². The highest BCUT2D eigenvalue weighted by Crippen LogP contribution is 2.25. The van der Waals surface area contributed by atoms with E-state index in [4.69, 9.17) is 12.2 Å². The molecule has 1 aliphatic carbocycles. The van der Waals surface area contributed by atoms with Crippen LogP contribution in [0.25, 0.3) is 0 Å². The molecule has 2 aromatic carbocycles. The van der Waals surface area contributed by atoms with E-state index in [0.29, 0.717) is 5.56 Å². The second kappa shape index (κ2) is 8.28. The predicted octanol–water partition coefficient (Wildman–Crippen LogP) is 2.26.